The van der Waals surface area contributed by atoms with Crippen molar-refractivity contribution in [2.24, 2.45) is 0 Å². The van der Waals surface area contributed by atoms with Crippen LogP contribution in [-0.4, -0.2) is 26.5 Å². The second-order valence-corrected chi connectivity index (χ2v) is 6.06. The monoisotopic (exact) mass is 263 g/mol. The zero-order chi connectivity index (χ0) is 12.2. The minimum Gasteiger partial charge on any atom is -0.208 e. The number of sulfonamides is 1. The van der Waals surface area contributed by atoms with Crippen molar-refractivity contribution in [2.75, 3.05) is 12.0 Å². The van der Waals surface area contributed by atoms with Gasteiger partial charge in [-0.2, -0.15) is 11.8 Å². The summed E-state index contributed by atoms with van der Waals surface area (Å²) >= 11 is 1.56. The molecule has 0 aromatic heterocycles. The van der Waals surface area contributed by atoms with Gasteiger partial charge in [-0.25, -0.2) is 17.5 Å². The molecule has 0 bridgehead atoms. The van der Waals surface area contributed by atoms with Gasteiger partial charge in [-0.15, -0.1) is 0 Å². The van der Waals surface area contributed by atoms with E-state index < -0.39 is 15.8 Å². The van der Waals surface area contributed by atoms with Crippen LogP contribution in [0.5, 0.6) is 0 Å². The van der Waals surface area contributed by atoms with Crippen molar-refractivity contribution in [1.82, 2.24) is 4.72 Å². The zero-order valence-electron chi connectivity index (χ0n) is 9.10. The third-order valence-corrected chi connectivity index (χ3v) is 4.34. The number of hydrogen-bond acceptors (Lipinski definition) is 3. The van der Waals surface area contributed by atoms with Crippen molar-refractivity contribution >= 4 is 21.8 Å². The molecule has 3 nitrogen and oxygen atoms in total. The van der Waals surface area contributed by atoms with Gasteiger partial charge in [0.25, 0.3) is 0 Å². The van der Waals surface area contributed by atoms with E-state index in [1.165, 1.54) is 12.1 Å². The highest BCUT2D eigenvalue weighted by molar-refractivity contribution is 7.98. The molecule has 0 saturated carbocycles. The Morgan fingerprint density at radius 2 is 1.94 bits per heavy atom. The van der Waals surface area contributed by atoms with Crippen LogP contribution < -0.4 is 4.72 Å². The first kappa shape index (κ1) is 13.5. The Balaban J connectivity index is 2.82. The highest BCUT2D eigenvalue weighted by Crippen LogP contribution is 2.10. The van der Waals surface area contributed by atoms with Crippen molar-refractivity contribution < 1.29 is 12.8 Å². The average molecular weight is 263 g/mol. The van der Waals surface area contributed by atoms with Gasteiger partial charge in [0.2, 0.25) is 10.0 Å². The minimum atomic E-state index is -3.53. The van der Waals surface area contributed by atoms with Gasteiger partial charge in [0.1, 0.15) is 5.82 Å². The number of rotatable bonds is 5. The van der Waals surface area contributed by atoms with E-state index >= 15 is 0 Å². The fourth-order valence-electron chi connectivity index (χ4n) is 1.23. The SMILES string of the molecule is CSCC(C)NS(=O)(=O)c1ccc(F)cc1. The summed E-state index contributed by atoms with van der Waals surface area (Å²) in [7, 11) is -3.53. The molecule has 0 aliphatic rings. The predicted octanol–water partition coefficient (Wildman–Crippen LogP) is 1.86. The molecule has 0 aliphatic carbocycles. The lowest BCUT2D eigenvalue weighted by molar-refractivity contribution is 0.570. The molecule has 1 rings (SSSR count). The lowest BCUT2D eigenvalue weighted by Crippen LogP contribution is -2.34. The molecule has 1 unspecified atom stereocenters. The third kappa shape index (κ3) is 3.77. The number of benzene rings is 1. The predicted molar refractivity (Wildman–Crippen MR) is 64.6 cm³/mol. The van der Waals surface area contributed by atoms with E-state index in [-0.39, 0.29) is 10.9 Å². The van der Waals surface area contributed by atoms with Gasteiger partial charge in [0.05, 0.1) is 4.90 Å². The van der Waals surface area contributed by atoms with Crippen LogP contribution in [0.3, 0.4) is 0 Å². The fraction of sp³-hybridized carbons (Fsp3) is 0.400. The first-order chi connectivity index (χ1) is 7.45. The van der Waals surface area contributed by atoms with Gasteiger partial charge in [0.15, 0.2) is 0 Å². The topological polar surface area (TPSA) is 46.2 Å². The fourth-order valence-corrected chi connectivity index (χ4v) is 3.16. The minimum absolute atomic E-state index is 0.0850. The molecule has 1 aromatic carbocycles. The quantitative estimate of drug-likeness (QED) is 0.882. The molecule has 1 atom stereocenters. The molecule has 90 valence electrons. The largest absolute Gasteiger partial charge is 0.240 e. The summed E-state index contributed by atoms with van der Waals surface area (Å²) in [6, 6.07) is 4.62. The van der Waals surface area contributed by atoms with Gasteiger partial charge in [-0.3, -0.25) is 0 Å². The van der Waals surface area contributed by atoms with E-state index in [0.29, 0.717) is 5.75 Å². The summed E-state index contributed by atoms with van der Waals surface area (Å²) in [5.74, 6) is 0.247. The molecule has 0 radical (unpaired) electrons. The van der Waals surface area contributed by atoms with E-state index in [1.54, 1.807) is 18.7 Å². The Morgan fingerprint density at radius 1 is 1.38 bits per heavy atom. The highest BCUT2D eigenvalue weighted by Gasteiger charge is 2.16. The van der Waals surface area contributed by atoms with Crippen LogP contribution in [-0.2, 0) is 10.0 Å². The summed E-state index contributed by atoms with van der Waals surface area (Å²) in [4.78, 5) is 0.0850. The van der Waals surface area contributed by atoms with Gasteiger partial charge >= 0.3 is 0 Å². The Hall–Kier alpha value is -0.590. The van der Waals surface area contributed by atoms with Crippen LogP contribution in [0.2, 0.25) is 0 Å². The Morgan fingerprint density at radius 3 is 2.44 bits per heavy atom. The first-order valence-corrected chi connectivity index (χ1v) is 7.60. The second kappa shape index (κ2) is 5.65. The van der Waals surface area contributed by atoms with Crippen LogP contribution >= 0.6 is 11.8 Å². The van der Waals surface area contributed by atoms with Crippen molar-refractivity contribution in [1.29, 1.82) is 0 Å². The summed E-state index contributed by atoms with van der Waals surface area (Å²) in [6.45, 7) is 1.79. The van der Waals surface area contributed by atoms with Crippen LogP contribution in [0.15, 0.2) is 29.2 Å². The van der Waals surface area contributed by atoms with E-state index in [0.717, 1.165) is 12.1 Å². The lowest BCUT2D eigenvalue weighted by atomic mass is 10.4. The molecule has 0 saturated heterocycles. The van der Waals surface area contributed by atoms with E-state index in [1.807, 2.05) is 6.26 Å². The van der Waals surface area contributed by atoms with Gasteiger partial charge in [-0.05, 0) is 37.4 Å². The highest BCUT2D eigenvalue weighted by atomic mass is 32.2. The van der Waals surface area contributed by atoms with Crippen LogP contribution in [0.4, 0.5) is 4.39 Å². The number of halogens is 1. The number of thioether (sulfide) groups is 1. The zero-order valence-corrected chi connectivity index (χ0v) is 10.7. The van der Waals surface area contributed by atoms with Gasteiger partial charge in [0, 0.05) is 11.8 Å². The molecular formula is C10H14FNO2S2. The van der Waals surface area contributed by atoms with Crippen molar-refractivity contribution in [3.8, 4) is 0 Å². The standard InChI is InChI=1S/C10H14FNO2S2/c1-8(7-15-2)12-16(13,14)10-5-3-9(11)4-6-10/h3-6,8,12H,7H2,1-2H3. The van der Waals surface area contributed by atoms with Crippen LogP contribution in [0.1, 0.15) is 6.92 Å². The Bertz CT molecular complexity index is 431. The van der Waals surface area contributed by atoms with E-state index in [9.17, 15) is 12.8 Å². The molecule has 0 spiro atoms. The third-order valence-electron chi connectivity index (χ3n) is 1.90. The molecule has 16 heavy (non-hydrogen) atoms. The Kier molecular flexibility index (Phi) is 4.76. The molecule has 0 aliphatic heterocycles. The Labute approximate surface area is 99.5 Å². The van der Waals surface area contributed by atoms with Crippen molar-refractivity contribution in [2.45, 2.75) is 17.9 Å². The summed E-state index contributed by atoms with van der Waals surface area (Å²) in [5.41, 5.74) is 0. The molecule has 1 N–H and O–H groups in total. The summed E-state index contributed by atoms with van der Waals surface area (Å²) < 4.78 is 38.7. The normalized spacial score (nSPS) is 13.7. The molecule has 0 amide bonds. The summed E-state index contributed by atoms with van der Waals surface area (Å²) in [5, 5.41) is 0. The first-order valence-electron chi connectivity index (χ1n) is 4.72. The van der Waals surface area contributed by atoms with E-state index in [2.05, 4.69) is 4.72 Å². The molecule has 0 fully saturated rings. The molecule has 1 aromatic rings. The van der Waals surface area contributed by atoms with Gasteiger partial charge < -0.3 is 0 Å². The molecule has 6 heteroatoms. The number of nitrogens with one attached hydrogen (secondary N) is 1. The van der Waals surface area contributed by atoms with Crippen LogP contribution in [0.25, 0.3) is 0 Å². The van der Waals surface area contributed by atoms with Gasteiger partial charge in [-0.1, -0.05) is 0 Å². The summed E-state index contributed by atoms with van der Waals surface area (Å²) in [6.07, 6.45) is 1.91. The maximum Gasteiger partial charge on any atom is 0.240 e. The maximum absolute atomic E-state index is 12.6. The molecular weight excluding hydrogens is 249 g/mol. The smallest absolute Gasteiger partial charge is 0.208 e. The van der Waals surface area contributed by atoms with Crippen molar-refractivity contribution in [3.63, 3.8) is 0 Å². The second-order valence-electron chi connectivity index (χ2n) is 3.43. The number of hydrogen-bond donors (Lipinski definition) is 1. The molecule has 0 heterocycles. The van der Waals surface area contributed by atoms with Crippen molar-refractivity contribution in [3.05, 3.63) is 30.1 Å². The average Bonchev–Trinajstić information content (AvgIpc) is 2.17. The lowest BCUT2D eigenvalue weighted by Gasteiger charge is -2.12. The maximum atomic E-state index is 12.6. The van der Waals surface area contributed by atoms with Crippen LogP contribution in [0, 0.1) is 5.82 Å². The van der Waals surface area contributed by atoms with E-state index in [4.69, 9.17) is 0 Å².